The van der Waals surface area contributed by atoms with Crippen LogP contribution in [0.25, 0.3) is 10.8 Å². The summed E-state index contributed by atoms with van der Waals surface area (Å²) in [6, 6.07) is 10.5. The van der Waals surface area contributed by atoms with Gasteiger partial charge in [-0.15, -0.1) is 0 Å². The largest absolute Gasteiger partial charge is 0.325 e. The van der Waals surface area contributed by atoms with Crippen molar-refractivity contribution >= 4 is 42.4 Å². The highest BCUT2D eigenvalue weighted by Crippen LogP contribution is 2.26. The molecule has 0 aliphatic carbocycles. The topological polar surface area (TPSA) is 112 Å². The van der Waals surface area contributed by atoms with Crippen molar-refractivity contribution in [2.45, 2.75) is 4.90 Å². The second-order valence-electron chi connectivity index (χ2n) is 4.72. The highest BCUT2D eigenvalue weighted by Gasteiger charge is 2.19. The molecular weight excluding hydrogens is 386 g/mol. The zero-order chi connectivity index (χ0) is 16.6. The monoisotopic (exact) mass is 395 g/mol. The molecule has 0 fully saturated rings. The first-order valence-corrected chi connectivity index (χ1v) is 8.67. The van der Waals surface area contributed by atoms with Gasteiger partial charge in [-0.25, -0.2) is 13.2 Å². The van der Waals surface area contributed by atoms with E-state index >= 15 is 0 Å². The molecule has 2 aromatic carbocycles. The molecule has 118 valence electrons. The van der Waals surface area contributed by atoms with Crippen molar-refractivity contribution in [2.75, 3.05) is 4.72 Å². The van der Waals surface area contributed by atoms with E-state index in [1.165, 1.54) is 0 Å². The summed E-state index contributed by atoms with van der Waals surface area (Å²) in [5.74, 6) is 0. The Morgan fingerprint density at radius 3 is 2.61 bits per heavy atom. The molecule has 7 nitrogen and oxygen atoms in total. The first-order chi connectivity index (χ1) is 10.9. The van der Waals surface area contributed by atoms with Crippen LogP contribution >= 0.6 is 15.9 Å². The first kappa shape index (κ1) is 15.5. The molecule has 0 saturated heterocycles. The summed E-state index contributed by atoms with van der Waals surface area (Å²) in [5.41, 5.74) is -1.45. The Labute approximate surface area is 138 Å². The maximum absolute atomic E-state index is 12.3. The van der Waals surface area contributed by atoms with Crippen LogP contribution in [-0.4, -0.2) is 18.4 Å². The van der Waals surface area contributed by atoms with Gasteiger partial charge < -0.3 is 4.98 Å². The standard InChI is InChI=1S/C14H10BrN3O4S/c15-11-3-1-2-8-6-9(4-5-10(8)11)18-23(21,22)12-7-16-14(20)17-13(12)19/h1-7,18H,(H2,16,17,19,20). The number of rotatable bonds is 3. The number of nitrogens with one attached hydrogen (secondary N) is 3. The quantitative estimate of drug-likeness (QED) is 0.627. The van der Waals surface area contributed by atoms with Crippen LogP contribution in [0.2, 0.25) is 0 Å². The fourth-order valence-electron chi connectivity index (χ4n) is 2.11. The maximum atomic E-state index is 12.3. The van der Waals surface area contributed by atoms with Gasteiger partial charge >= 0.3 is 5.69 Å². The molecule has 0 unspecified atom stereocenters. The minimum absolute atomic E-state index is 0.307. The lowest BCUT2D eigenvalue weighted by atomic mass is 10.1. The lowest BCUT2D eigenvalue weighted by Gasteiger charge is -2.08. The van der Waals surface area contributed by atoms with Crippen LogP contribution in [0, 0.1) is 0 Å². The number of aromatic amines is 2. The molecule has 0 aliphatic rings. The fraction of sp³-hybridized carbons (Fsp3) is 0. The zero-order valence-corrected chi connectivity index (χ0v) is 13.9. The number of anilines is 1. The smallest absolute Gasteiger partial charge is 0.313 e. The van der Waals surface area contributed by atoms with Crippen molar-refractivity contribution in [3.05, 3.63) is 67.9 Å². The average molecular weight is 396 g/mol. The number of sulfonamides is 1. The van der Waals surface area contributed by atoms with Crippen molar-refractivity contribution in [2.24, 2.45) is 0 Å². The van der Waals surface area contributed by atoms with Crippen LogP contribution in [0.4, 0.5) is 5.69 Å². The Hall–Kier alpha value is -2.39. The van der Waals surface area contributed by atoms with Gasteiger partial charge in [-0.1, -0.05) is 34.1 Å². The molecular formula is C14H10BrN3O4S. The van der Waals surface area contributed by atoms with Crippen molar-refractivity contribution in [1.29, 1.82) is 0 Å². The Morgan fingerprint density at radius 2 is 1.87 bits per heavy atom. The molecule has 0 saturated carbocycles. The van der Waals surface area contributed by atoms with Gasteiger partial charge in [-0.05, 0) is 29.0 Å². The number of H-pyrrole nitrogens is 2. The van der Waals surface area contributed by atoms with E-state index in [2.05, 4.69) is 25.6 Å². The van der Waals surface area contributed by atoms with Gasteiger partial charge in [0.15, 0.2) is 4.90 Å². The average Bonchev–Trinajstić information content (AvgIpc) is 2.46. The summed E-state index contributed by atoms with van der Waals surface area (Å²) in [5, 5.41) is 1.76. The van der Waals surface area contributed by atoms with Crippen molar-refractivity contribution in [3.63, 3.8) is 0 Å². The van der Waals surface area contributed by atoms with Crippen LogP contribution < -0.4 is 16.0 Å². The van der Waals surface area contributed by atoms with Crippen molar-refractivity contribution in [1.82, 2.24) is 9.97 Å². The molecule has 0 aliphatic heterocycles. The van der Waals surface area contributed by atoms with Gasteiger partial charge in [0, 0.05) is 16.4 Å². The SMILES string of the molecule is O=c1[nH]cc(S(=O)(=O)Nc2ccc3c(Br)cccc3c2)c(=O)[nH]1. The van der Waals surface area contributed by atoms with E-state index in [0.29, 0.717) is 5.69 Å². The fourth-order valence-corrected chi connectivity index (χ4v) is 3.68. The predicted molar refractivity (Wildman–Crippen MR) is 90.1 cm³/mol. The second kappa shape index (κ2) is 5.67. The highest BCUT2D eigenvalue weighted by molar-refractivity contribution is 9.10. The van der Waals surface area contributed by atoms with Gasteiger partial charge in [0.1, 0.15) is 0 Å². The van der Waals surface area contributed by atoms with Gasteiger partial charge in [0.25, 0.3) is 15.6 Å². The Kier molecular flexibility index (Phi) is 3.82. The van der Waals surface area contributed by atoms with E-state index in [9.17, 15) is 18.0 Å². The number of hydrogen-bond acceptors (Lipinski definition) is 4. The predicted octanol–water partition coefficient (Wildman–Crippen LogP) is 1.78. The van der Waals surface area contributed by atoms with Crippen molar-refractivity contribution in [3.8, 4) is 0 Å². The lowest BCUT2D eigenvalue weighted by molar-refractivity contribution is 0.599. The lowest BCUT2D eigenvalue weighted by Crippen LogP contribution is -2.29. The van der Waals surface area contributed by atoms with E-state index < -0.39 is 26.2 Å². The molecule has 23 heavy (non-hydrogen) atoms. The normalized spacial score (nSPS) is 11.5. The third kappa shape index (κ3) is 3.06. The third-order valence-corrected chi connectivity index (χ3v) is 5.23. The van der Waals surface area contributed by atoms with Gasteiger partial charge in [-0.2, -0.15) is 0 Å². The molecule has 3 N–H and O–H groups in total. The van der Waals surface area contributed by atoms with Crippen LogP contribution in [0.15, 0.2) is 61.6 Å². The molecule has 3 aromatic rings. The third-order valence-electron chi connectivity index (χ3n) is 3.15. The Balaban J connectivity index is 2.03. The Morgan fingerprint density at radius 1 is 1.09 bits per heavy atom. The minimum atomic E-state index is -4.12. The molecule has 1 heterocycles. The highest BCUT2D eigenvalue weighted by atomic mass is 79.9. The van der Waals surface area contributed by atoms with Gasteiger partial charge in [0.2, 0.25) is 0 Å². The summed E-state index contributed by atoms with van der Waals surface area (Å²) in [4.78, 5) is 26.1. The molecule has 0 bridgehead atoms. The Bertz CT molecular complexity index is 1120. The number of hydrogen-bond donors (Lipinski definition) is 3. The molecule has 0 amide bonds. The number of halogens is 1. The van der Waals surface area contributed by atoms with Crippen LogP contribution in [0.1, 0.15) is 0 Å². The van der Waals surface area contributed by atoms with E-state index in [1.54, 1.807) is 18.2 Å². The first-order valence-electron chi connectivity index (χ1n) is 6.40. The van der Waals surface area contributed by atoms with E-state index in [4.69, 9.17) is 0 Å². The maximum Gasteiger partial charge on any atom is 0.325 e. The summed E-state index contributed by atoms with van der Waals surface area (Å²) < 4.78 is 27.8. The van der Waals surface area contributed by atoms with E-state index in [0.717, 1.165) is 21.4 Å². The molecule has 0 spiro atoms. The number of fused-ring (bicyclic) bond motifs is 1. The van der Waals surface area contributed by atoms with Crippen LogP contribution in [-0.2, 0) is 10.0 Å². The van der Waals surface area contributed by atoms with E-state index in [-0.39, 0.29) is 0 Å². The number of benzene rings is 2. The van der Waals surface area contributed by atoms with Crippen molar-refractivity contribution < 1.29 is 8.42 Å². The molecule has 3 rings (SSSR count). The van der Waals surface area contributed by atoms with E-state index in [1.807, 2.05) is 23.2 Å². The van der Waals surface area contributed by atoms with Crippen LogP contribution in [0.3, 0.4) is 0 Å². The minimum Gasteiger partial charge on any atom is -0.313 e. The summed E-state index contributed by atoms with van der Waals surface area (Å²) in [7, 11) is -4.12. The van der Waals surface area contributed by atoms with Crippen LogP contribution in [0.5, 0.6) is 0 Å². The summed E-state index contributed by atoms with van der Waals surface area (Å²) in [6.45, 7) is 0. The number of aromatic nitrogens is 2. The molecule has 1 aromatic heterocycles. The molecule has 0 atom stereocenters. The zero-order valence-electron chi connectivity index (χ0n) is 11.5. The second-order valence-corrected chi connectivity index (χ2v) is 7.22. The van der Waals surface area contributed by atoms with Gasteiger partial charge in [-0.3, -0.25) is 14.5 Å². The molecule has 9 heteroatoms. The van der Waals surface area contributed by atoms with Gasteiger partial charge in [0.05, 0.1) is 0 Å². The summed E-state index contributed by atoms with van der Waals surface area (Å²) in [6.07, 6.45) is 0.862. The molecule has 0 radical (unpaired) electrons. The summed E-state index contributed by atoms with van der Waals surface area (Å²) >= 11 is 3.42.